The van der Waals surface area contributed by atoms with E-state index in [2.05, 4.69) is 44.3 Å². The zero-order chi connectivity index (χ0) is 14.6. The summed E-state index contributed by atoms with van der Waals surface area (Å²) in [4.78, 5) is 0. The molecule has 1 atom stereocenters. The maximum atomic E-state index is 6.32. The zero-order valence-electron chi connectivity index (χ0n) is 12.6. The Kier molecular flexibility index (Phi) is 5.11. The first-order chi connectivity index (χ1) is 9.44. The highest BCUT2D eigenvalue weighted by atomic mass is 35.5. The fourth-order valence-electron chi connectivity index (χ4n) is 2.16. The average Bonchev–Trinajstić information content (AvgIpc) is 2.40. The van der Waals surface area contributed by atoms with E-state index in [1.165, 1.54) is 12.0 Å². The van der Waals surface area contributed by atoms with Crippen LogP contribution in [0.4, 0.5) is 0 Å². The number of nitrogens with one attached hydrogen (secondary N) is 1. The van der Waals surface area contributed by atoms with Gasteiger partial charge >= 0.3 is 0 Å². The van der Waals surface area contributed by atoms with E-state index in [-0.39, 0.29) is 11.6 Å². The van der Waals surface area contributed by atoms with E-state index in [0.717, 1.165) is 25.1 Å². The Morgan fingerprint density at radius 1 is 1.35 bits per heavy atom. The summed E-state index contributed by atoms with van der Waals surface area (Å²) in [6.07, 6.45) is 7.90. The molecule has 1 N–H and O–H groups in total. The fraction of sp³-hybridized carbons (Fsp3) is 0.529. The number of hydrogen-bond acceptors (Lipinski definition) is 2. The highest BCUT2D eigenvalue weighted by Crippen LogP contribution is 2.28. The van der Waals surface area contributed by atoms with Crippen LogP contribution in [-0.4, -0.2) is 11.6 Å². The van der Waals surface area contributed by atoms with E-state index >= 15 is 0 Å². The Labute approximate surface area is 127 Å². The van der Waals surface area contributed by atoms with Gasteiger partial charge in [-0.1, -0.05) is 23.7 Å². The summed E-state index contributed by atoms with van der Waals surface area (Å²) in [6, 6.07) is 6.04. The lowest BCUT2D eigenvalue weighted by Crippen LogP contribution is -2.35. The molecule has 1 aromatic carbocycles. The Bertz CT molecular complexity index is 476. The van der Waals surface area contributed by atoms with Crippen molar-refractivity contribution < 1.29 is 4.74 Å². The maximum Gasteiger partial charge on any atom is 0.138 e. The van der Waals surface area contributed by atoms with Gasteiger partial charge in [-0.15, -0.1) is 0 Å². The van der Waals surface area contributed by atoms with Gasteiger partial charge in [0.05, 0.1) is 5.02 Å². The van der Waals surface area contributed by atoms with Crippen molar-refractivity contribution in [1.82, 2.24) is 5.32 Å². The predicted molar refractivity (Wildman–Crippen MR) is 85.5 cm³/mol. The molecule has 0 spiro atoms. The molecule has 0 saturated heterocycles. The zero-order valence-corrected chi connectivity index (χ0v) is 13.3. The molecule has 1 aliphatic carbocycles. The van der Waals surface area contributed by atoms with E-state index in [9.17, 15) is 0 Å². The van der Waals surface area contributed by atoms with Crippen molar-refractivity contribution in [1.29, 1.82) is 0 Å². The second-order valence-electron chi connectivity index (χ2n) is 6.38. The molecule has 0 bridgehead atoms. The van der Waals surface area contributed by atoms with Gasteiger partial charge in [0.25, 0.3) is 0 Å². The number of hydrogen-bond donors (Lipinski definition) is 1. The van der Waals surface area contributed by atoms with Crippen molar-refractivity contribution in [3.05, 3.63) is 40.9 Å². The van der Waals surface area contributed by atoms with Crippen molar-refractivity contribution >= 4 is 11.6 Å². The van der Waals surface area contributed by atoms with Crippen LogP contribution in [0.3, 0.4) is 0 Å². The van der Waals surface area contributed by atoms with E-state index in [0.29, 0.717) is 5.02 Å². The Morgan fingerprint density at radius 3 is 2.75 bits per heavy atom. The molecule has 110 valence electrons. The molecule has 1 aromatic rings. The number of benzene rings is 1. The largest absolute Gasteiger partial charge is 0.485 e. The van der Waals surface area contributed by atoms with E-state index in [1.54, 1.807) is 0 Å². The van der Waals surface area contributed by atoms with E-state index in [1.807, 2.05) is 12.1 Å². The first-order valence-electron chi connectivity index (χ1n) is 7.31. The molecule has 0 fully saturated rings. The van der Waals surface area contributed by atoms with Crippen molar-refractivity contribution in [2.45, 2.75) is 58.2 Å². The SMILES string of the molecule is CC(C)(C)NCc1ccc(OC2C=CCCC2)c(Cl)c1. The highest BCUT2D eigenvalue weighted by Gasteiger charge is 2.13. The lowest BCUT2D eigenvalue weighted by Gasteiger charge is -2.22. The molecule has 2 rings (SSSR count). The number of rotatable bonds is 4. The molecule has 0 heterocycles. The third-order valence-corrected chi connectivity index (χ3v) is 3.60. The molecule has 0 amide bonds. The van der Waals surface area contributed by atoms with Gasteiger partial charge < -0.3 is 10.1 Å². The van der Waals surface area contributed by atoms with Gasteiger partial charge in [-0.2, -0.15) is 0 Å². The molecule has 0 saturated carbocycles. The lowest BCUT2D eigenvalue weighted by molar-refractivity contribution is 0.230. The van der Waals surface area contributed by atoms with Gasteiger partial charge in [-0.3, -0.25) is 0 Å². The lowest BCUT2D eigenvalue weighted by atomic mass is 10.1. The van der Waals surface area contributed by atoms with Crippen LogP contribution >= 0.6 is 11.6 Å². The van der Waals surface area contributed by atoms with Gasteiger partial charge in [0.2, 0.25) is 0 Å². The number of allylic oxidation sites excluding steroid dienone is 1. The molecule has 0 radical (unpaired) electrons. The van der Waals surface area contributed by atoms with Crippen LogP contribution in [0, 0.1) is 0 Å². The van der Waals surface area contributed by atoms with Crippen molar-refractivity contribution in [3.8, 4) is 5.75 Å². The number of halogens is 1. The number of ether oxygens (including phenoxy) is 1. The van der Waals surface area contributed by atoms with Crippen LogP contribution in [0.15, 0.2) is 30.4 Å². The Morgan fingerprint density at radius 2 is 2.15 bits per heavy atom. The van der Waals surface area contributed by atoms with Gasteiger partial charge in [-0.25, -0.2) is 0 Å². The topological polar surface area (TPSA) is 21.3 Å². The summed E-state index contributed by atoms with van der Waals surface area (Å²) in [7, 11) is 0. The maximum absolute atomic E-state index is 6.32. The normalized spacial score (nSPS) is 19.1. The smallest absolute Gasteiger partial charge is 0.138 e. The first kappa shape index (κ1) is 15.4. The summed E-state index contributed by atoms with van der Waals surface area (Å²) >= 11 is 6.32. The molecule has 3 heteroatoms. The van der Waals surface area contributed by atoms with Gasteiger partial charge in [0.1, 0.15) is 11.9 Å². The fourth-order valence-corrected chi connectivity index (χ4v) is 2.41. The van der Waals surface area contributed by atoms with Gasteiger partial charge in [0.15, 0.2) is 0 Å². The molecular formula is C17H24ClNO. The third kappa shape index (κ3) is 4.84. The molecule has 0 aliphatic heterocycles. The minimum atomic E-state index is 0.106. The van der Waals surface area contributed by atoms with E-state index in [4.69, 9.17) is 16.3 Å². The predicted octanol–water partition coefficient (Wildman–Crippen LogP) is 4.72. The summed E-state index contributed by atoms with van der Waals surface area (Å²) in [5, 5.41) is 4.15. The quantitative estimate of drug-likeness (QED) is 0.811. The summed E-state index contributed by atoms with van der Waals surface area (Å²) < 4.78 is 5.95. The average molecular weight is 294 g/mol. The minimum absolute atomic E-state index is 0.106. The van der Waals surface area contributed by atoms with Crippen molar-refractivity contribution in [2.24, 2.45) is 0 Å². The van der Waals surface area contributed by atoms with Crippen LogP contribution in [0.1, 0.15) is 45.6 Å². The van der Waals surface area contributed by atoms with Crippen LogP contribution < -0.4 is 10.1 Å². The minimum Gasteiger partial charge on any atom is -0.485 e. The van der Waals surface area contributed by atoms with Crippen LogP contribution in [0.25, 0.3) is 0 Å². The monoisotopic (exact) mass is 293 g/mol. The Balaban J connectivity index is 1.98. The first-order valence-corrected chi connectivity index (χ1v) is 7.69. The van der Waals surface area contributed by atoms with Crippen molar-refractivity contribution in [2.75, 3.05) is 0 Å². The highest BCUT2D eigenvalue weighted by molar-refractivity contribution is 6.32. The van der Waals surface area contributed by atoms with Crippen LogP contribution in [0.2, 0.25) is 5.02 Å². The van der Waals surface area contributed by atoms with Crippen LogP contribution in [0.5, 0.6) is 5.75 Å². The van der Waals surface area contributed by atoms with Gasteiger partial charge in [0, 0.05) is 12.1 Å². The second-order valence-corrected chi connectivity index (χ2v) is 6.79. The molecular weight excluding hydrogens is 270 g/mol. The van der Waals surface area contributed by atoms with Gasteiger partial charge in [-0.05, 0) is 63.8 Å². The summed E-state index contributed by atoms with van der Waals surface area (Å²) in [5.41, 5.74) is 1.28. The standard InChI is InChI=1S/C17H24ClNO/c1-17(2,3)19-12-13-9-10-16(15(18)11-13)20-14-7-5-4-6-8-14/h5,7,9-11,14,19H,4,6,8,12H2,1-3H3. The van der Waals surface area contributed by atoms with Crippen LogP contribution in [-0.2, 0) is 6.54 Å². The molecule has 0 aromatic heterocycles. The molecule has 1 unspecified atom stereocenters. The Hall–Kier alpha value is -0.990. The molecule has 20 heavy (non-hydrogen) atoms. The van der Waals surface area contributed by atoms with E-state index < -0.39 is 0 Å². The third-order valence-electron chi connectivity index (χ3n) is 3.31. The molecule has 1 aliphatic rings. The van der Waals surface area contributed by atoms with Crippen molar-refractivity contribution in [3.63, 3.8) is 0 Å². The second kappa shape index (κ2) is 6.64. The molecule has 2 nitrogen and oxygen atoms in total. The summed E-state index contributed by atoms with van der Waals surface area (Å²) in [5.74, 6) is 0.780. The summed E-state index contributed by atoms with van der Waals surface area (Å²) in [6.45, 7) is 7.28.